The number of hydrogen-bond acceptors (Lipinski definition) is 4. The first kappa shape index (κ1) is 18.2. The molecule has 0 saturated carbocycles. The molecule has 1 unspecified atom stereocenters. The predicted octanol–water partition coefficient (Wildman–Crippen LogP) is 2.78. The molecule has 2 aromatic carbocycles. The van der Waals surface area contributed by atoms with Crippen LogP contribution in [0.25, 0.3) is 0 Å². The molecule has 0 aromatic heterocycles. The lowest BCUT2D eigenvalue weighted by molar-refractivity contribution is -0.122. The van der Waals surface area contributed by atoms with Crippen LogP contribution in [-0.4, -0.2) is 44.2 Å². The summed E-state index contributed by atoms with van der Waals surface area (Å²) in [7, 11) is 1.87. The summed E-state index contributed by atoms with van der Waals surface area (Å²) in [6.07, 6.45) is 0.764. The van der Waals surface area contributed by atoms with Gasteiger partial charge in [0.05, 0.1) is 19.2 Å². The average Bonchev–Trinajstić information content (AvgIpc) is 2.63. The number of ether oxygens (including phenoxy) is 2. The third-order valence-corrected chi connectivity index (χ3v) is 4.26. The van der Waals surface area contributed by atoms with Crippen molar-refractivity contribution < 1.29 is 18.7 Å². The minimum Gasteiger partial charge on any atom is -0.493 e. The molecule has 26 heavy (non-hydrogen) atoms. The molecule has 1 aliphatic rings. The number of benzene rings is 2. The van der Waals surface area contributed by atoms with E-state index in [-0.39, 0.29) is 24.3 Å². The highest BCUT2D eigenvalue weighted by molar-refractivity contribution is 5.78. The van der Waals surface area contributed by atoms with Gasteiger partial charge in [-0.1, -0.05) is 18.2 Å². The molecule has 0 saturated heterocycles. The maximum absolute atomic E-state index is 12.8. The Morgan fingerprint density at radius 1 is 1.27 bits per heavy atom. The number of halogens is 1. The van der Waals surface area contributed by atoms with Crippen LogP contribution in [0, 0.1) is 5.82 Å². The first-order valence-electron chi connectivity index (χ1n) is 8.70. The molecule has 5 nitrogen and oxygen atoms in total. The number of hydrogen-bond donors (Lipinski definition) is 1. The van der Waals surface area contributed by atoms with Gasteiger partial charge < -0.3 is 14.8 Å². The Kier molecular flexibility index (Phi) is 6.07. The molecule has 6 heteroatoms. The Labute approximate surface area is 152 Å². The molecular weight excluding hydrogens is 335 g/mol. The largest absolute Gasteiger partial charge is 0.493 e. The van der Waals surface area contributed by atoms with Gasteiger partial charge in [0.2, 0.25) is 5.91 Å². The molecule has 138 valence electrons. The molecule has 1 heterocycles. The molecule has 1 aliphatic heterocycles. The Bertz CT molecular complexity index is 736. The monoisotopic (exact) mass is 358 g/mol. The predicted molar refractivity (Wildman–Crippen MR) is 96.8 cm³/mol. The lowest BCUT2D eigenvalue weighted by Crippen LogP contribution is -2.39. The van der Waals surface area contributed by atoms with Crippen molar-refractivity contribution in [1.82, 2.24) is 10.2 Å². The molecule has 0 spiro atoms. The summed E-state index contributed by atoms with van der Waals surface area (Å²) < 4.78 is 24.0. The molecule has 0 radical (unpaired) electrons. The van der Waals surface area contributed by atoms with Crippen LogP contribution in [0.5, 0.6) is 11.5 Å². The van der Waals surface area contributed by atoms with Crippen molar-refractivity contribution >= 4 is 5.91 Å². The second-order valence-corrected chi connectivity index (χ2v) is 6.34. The summed E-state index contributed by atoms with van der Waals surface area (Å²) in [4.78, 5) is 14.2. The van der Waals surface area contributed by atoms with E-state index in [4.69, 9.17) is 9.47 Å². The molecule has 3 rings (SSSR count). The maximum Gasteiger partial charge on any atom is 0.234 e. The highest BCUT2D eigenvalue weighted by atomic mass is 19.1. The van der Waals surface area contributed by atoms with Crippen molar-refractivity contribution in [1.29, 1.82) is 0 Å². The van der Waals surface area contributed by atoms with Gasteiger partial charge in [-0.05, 0) is 37.4 Å². The van der Waals surface area contributed by atoms with Crippen molar-refractivity contribution in [2.75, 3.05) is 33.4 Å². The Balaban J connectivity index is 1.42. The van der Waals surface area contributed by atoms with Gasteiger partial charge in [0, 0.05) is 18.5 Å². The smallest absolute Gasteiger partial charge is 0.234 e. The van der Waals surface area contributed by atoms with Gasteiger partial charge in [-0.2, -0.15) is 0 Å². The number of likely N-dealkylation sites (N-methyl/N-ethyl adjacent to an activating group) is 1. The molecule has 1 N–H and O–H groups in total. The van der Waals surface area contributed by atoms with E-state index < -0.39 is 0 Å². The molecule has 1 amide bonds. The van der Waals surface area contributed by atoms with Gasteiger partial charge in [0.25, 0.3) is 0 Å². The number of nitrogens with one attached hydrogen (secondary N) is 1. The zero-order chi connectivity index (χ0) is 18.4. The van der Waals surface area contributed by atoms with Gasteiger partial charge in [0.15, 0.2) is 0 Å². The molecule has 0 fully saturated rings. The van der Waals surface area contributed by atoms with Crippen LogP contribution < -0.4 is 14.8 Å². The summed E-state index contributed by atoms with van der Waals surface area (Å²) >= 11 is 0. The van der Waals surface area contributed by atoms with E-state index in [1.807, 2.05) is 36.2 Å². The molecule has 0 bridgehead atoms. The Morgan fingerprint density at radius 3 is 2.85 bits per heavy atom. The van der Waals surface area contributed by atoms with E-state index >= 15 is 0 Å². The minimum atomic E-state index is -0.291. The van der Waals surface area contributed by atoms with Gasteiger partial charge in [-0.25, -0.2) is 4.39 Å². The number of amides is 1. The lowest BCUT2D eigenvalue weighted by atomic mass is 10.0. The number of nitrogens with zero attached hydrogens (tertiary/aromatic N) is 1. The van der Waals surface area contributed by atoms with E-state index in [1.165, 1.54) is 12.1 Å². The van der Waals surface area contributed by atoms with Crippen LogP contribution in [0.15, 0.2) is 48.5 Å². The summed E-state index contributed by atoms with van der Waals surface area (Å²) in [6.45, 7) is 1.90. The number of carbonyl (C=O) groups is 1. The highest BCUT2D eigenvalue weighted by Gasteiger charge is 2.22. The van der Waals surface area contributed by atoms with E-state index in [2.05, 4.69) is 5.32 Å². The topological polar surface area (TPSA) is 50.8 Å². The summed E-state index contributed by atoms with van der Waals surface area (Å²) in [5, 5.41) is 3.08. The van der Waals surface area contributed by atoms with Crippen molar-refractivity contribution in [3.8, 4) is 11.5 Å². The van der Waals surface area contributed by atoms with Crippen LogP contribution >= 0.6 is 0 Å². The summed E-state index contributed by atoms with van der Waals surface area (Å²) in [6, 6.07) is 13.7. The third-order valence-electron chi connectivity index (χ3n) is 4.26. The number of carbonyl (C=O) groups excluding carboxylic acids is 1. The molecule has 2 aromatic rings. The second-order valence-electron chi connectivity index (χ2n) is 6.34. The Hall–Kier alpha value is -2.60. The zero-order valence-corrected chi connectivity index (χ0v) is 14.8. The van der Waals surface area contributed by atoms with Gasteiger partial charge in [-0.15, -0.1) is 0 Å². The van der Waals surface area contributed by atoms with E-state index in [0.717, 1.165) is 17.7 Å². The third kappa shape index (κ3) is 4.95. The second kappa shape index (κ2) is 8.67. The number of rotatable bonds is 7. The fraction of sp³-hybridized carbons (Fsp3) is 0.350. The van der Waals surface area contributed by atoms with Crippen molar-refractivity contribution in [2.24, 2.45) is 0 Å². The minimum absolute atomic E-state index is 0.0173. The van der Waals surface area contributed by atoms with Crippen LogP contribution in [0.4, 0.5) is 4.39 Å². The van der Waals surface area contributed by atoms with Crippen LogP contribution in [0.3, 0.4) is 0 Å². The van der Waals surface area contributed by atoms with E-state index in [1.54, 1.807) is 12.1 Å². The van der Waals surface area contributed by atoms with Gasteiger partial charge in [-0.3, -0.25) is 9.69 Å². The fourth-order valence-electron chi connectivity index (χ4n) is 2.91. The molecular formula is C20H23FN2O3. The highest BCUT2D eigenvalue weighted by Crippen LogP contribution is 2.31. The zero-order valence-electron chi connectivity index (χ0n) is 14.8. The number of fused-ring (bicyclic) bond motifs is 1. The summed E-state index contributed by atoms with van der Waals surface area (Å²) in [5.41, 5.74) is 1.02. The molecule has 1 atom stereocenters. The van der Waals surface area contributed by atoms with Crippen molar-refractivity contribution in [2.45, 2.75) is 12.5 Å². The van der Waals surface area contributed by atoms with E-state index in [9.17, 15) is 9.18 Å². The van der Waals surface area contributed by atoms with Crippen molar-refractivity contribution in [3.63, 3.8) is 0 Å². The summed E-state index contributed by atoms with van der Waals surface area (Å²) in [5.74, 6) is 1.13. The fourth-order valence-corrected chi connectivity index (χ4v) is 2.91. The number of para-hydroxylation sites is 1. The molecule has 0 aliphatic carbocycles. The normalized spacial score (nSPS) is 15.9. The maximum atomic E-state index is 12.8. The SMILES string of the molecule is CN(CCOc1ccc(F)cc1)CC(=O)NC1CCOc2ccccc21. The van der Waals surface area contributed by atoms with E-state index in [0.29, 0.717) is 25.5 Å². The van der Waals surface area contributed by atoms with Crippen molar-refractivity contribution in [3.05, 3.63) is 59.9 Å². The standard InChI is InChI=1S/C20H23FN2O3/c1-23(11-13-25-16-8-6-15(21)7-9-16)14-20(24)22-18-10-12-26-19-5-3-2-4-17(18)19/h2-9,18H,10-14H2,1H3,(H,22,24). The first-order chi connectivity index (χ1) is 12.6. The average molecular weight is 358 g/mol. The first-order valence-corrected chi connectivity index (χ1v) is 8.70. The van der Waals surface area contributed by atoms with Gasteiger partial charge in [0.1, 0.15) is 23.9 Å². The quantitative estimate of drug-likeness (QED) is 0.827. The van der Waals surface area contributed by atoms with Crippen LogP contribution in [0.1, 0.15) is 18.0 Å². The Morgan fingerprint density at radius 2 is 2.04 bits per heavy atom. The van der Waals surface area contributed by atoms with Crippen LogP contribution in [0.2, 0.25) is 0 Å². The van der Waals surface area contributed by atoms with Crippen LogP contribution in [-0.2, 0) is 4.79 Å². The van der Waals surface area contributed by atoms with Gasteiger partial charge >= 0.3 is 0 Å². The lowest BCUT2D eigenvalue weighted by Gasteiger charge is -2.27.